The molecule has 19 heavy (non-hydrogen) atoms. The monoisotopic (exact) mass is 258 g/mol. The first-order chi connectivity index (χ1) is 9.31. The molecule has 1 N–H and O–H groups in total. The molecule has 3 heteroatoms. The number of likely N-dealkylation sites (tertiary alicyclic amines) is 1. The van der Waals surface area contributed by atoms with Crippen LogP contribution in [0.5, 0.6) is 0 Å². The Kier molecular flexibility index (Phi) is 3.83. The minimum absolute atomic E-state index is 0.211. The average molecular weight is 258 g/mol. The van der Waals surface area contributed by atoms with Crippen LogP contribution >= 0.6 is 0 Å². The number of hydrogen-bond donors (Lipinski definition) is 1. The van der Waals surface area contributed by atoms with E-state index >= 15 is 0 Å². The van der Waals surface area contributed by atoms with Crippen molar-refractivity contribution in [2.75, 3.05) is 13.1 Å². The van der Waals surface area contributed by atoms with Crippen molar-refractivity contribution in [3.63, 3.8) is 0 Å². The van der Waals surface area contributed by atoms with Gasteiger partial charge in [-0.3, -0.25) is 9.69 Å². The maximum atomic E-state index is 11.9. The number of carbonyl (C=O) groups is 1. The third-order valence-corrected chi connectivity index (χ3v) is 4.10. The highest BCUT2D eigenvalue weighted by molar-refractivity contribution is 5.78. The topological polar surface area (TPSA) is 32.3 Å². The van der Waals surface area contributed by atoms with Crippen molar-refractivity contribution in [3.05, 3.63) is 35.9 Å². The van der Waals surface area contributed by atoms with E-state index in [-0.39, 0.29) is 5.91 Å². The molecule has 1 heterocycles. The number of hydrogen-bond acceptors (Lipinski definition) is 2. The predicted octanol–water partition coefficient (Wildman–Crippen LogP) is 1.97. The zero-order valence-corrected chi connectivity index (χ0v) is 11.3. The molecule has 1 saturated heterocycles. The third kappa shape index (κ3) is 3.57. The molecule has 102 valence electrons. The summed E-state index contributed by atoms with van der Waals surface area (Å²) in [4.78, 5) is 14.2. The van der Waals surface area contributed by atoms with Gasteiger partial charge in [0.1, 0.15) is 0 Å². The molecular formula is C16H22N2O. The molecule has 1 aromatic carbocycles. The van der Waals surface area contributed by atoms with Gasteiger partial charge >= 0.3 is 0 Å². The highest BCUT2D eigenvalue weighted by atomic mass is 16.2. The molecule has 0 aromatic heterocycles. The predicted molar refractivity (Wildman–Crippen MR) is 75.9 cm³/mol. The largest absolute Gasteiger partial charge is 0.352 e. The molecule has 1 aliphatic carbocycles. The van der Waals surface area contributed by atoms with Crippen LogP contribution in [0.4, 0.5) is 0 Å². The molecule has 3 nitrogen and oxygen atoms in total. The lowest BCUT2D eigenvalue weighted by Crippen LogP contribution is -2.41. The van der Waals surface area contributed by atoms with Crippen LogP contribution in [0.1, 0.15) is 31.2 Å². The van der Waals surface area contributed by atoms with Gasteiger partial charge in [-0.25, -0.2) is 0 Å². The molecule has 2 aliphatic rings. The molecule has 1 saturated carbocycles. The molecule has 0 radical (unpaired) electrons. The molecule has 1 amide bonds. The Morgan fingerprint density at radius 2 is 2.00 bits per heavy atom. The molecule has 1 atom stereocenters. The van der Waals surface area contributed by atoms with E-state index in [4.69, 9.17) is 0 Å². The average Bonchev–Trinajstić information content (AvgIpc) is 3.12. The number of benzene rings is 1. The lowest BCUT2D eigenvalue weighted by atomic mass is 10.0. The zero-order valence-electron chi connectivity index (χ0n) is 11.3. The molecule has 3 rings (SSSR count). The summed E-state index contributed by atoms with van der Waals surface area (Å²) < 4.78 is 0. The number of rotatable bonds is 5. The standard InChI is InChI=1S/C16H22N2O/c19-16(17-14-8-9-14)12-18-10-4-7-15(18)11-13-5-2-1-3-6-13/h1-3,5-6,14-15H,4,7-12H2,(H,17,19). The van der Waals surface area contributed by atoms with Crippen LogP contribution in [-0.2, 0) is 11.2 Å². The Hall–Kier alpha value is -1.35. The quantitative estimate of drug-likeness (QED) is 0.876. The number of nitrogens with one attached hydrogen (secondary N) is 1. The Morgan fingerprint density at radius 3 is 2.74 bits per heavy atom. The maximum Gasteiger partial charge on any atom is 0.234 e. The van der Waals surface area contributed by atoms with Crippen molar-refractivity contribution >= 4 is 5.91 Å². The molecule has 1 aliphatic heterocycles. The second-order valence-corrected chi connectivity index (χ2v) is 5.80. The van der Waals surface area contributed by atoms with Gasteiger partial charge in [-0.2, -0.15) is 0 Å². The van der Waals surface area contributed by atoms with Crippen LogP contribution in [-0.4, -0.2) is 36.0 Å². The Bertz CT molecular complexity index is 428. The minimum atomic E-state index is 0.211. The fraction of sp³-hybridized carbons (Fsp3) is 0.562. The van der Waals surface area contributed by atoms with Crippen LogP contribution < -0.4 is 5.32 Å². The van der Waals surface area contributed by atoms with Crippen molar-refractivity contribution in [2.45, 2.75) is 44.2 Å². The van der Waals surface area contributed by atoms with Gasteiger partial charge in [0.25, 0.3) is 0 Å². The lowest BCUT2D eigenvalue weighted by molar-refractivity contribution is -0.122. The summed E-state index contributed by atoms with van der Waals surface area (Å²) in [6.45, 7) is 1.64. The van der Waals surface area contributed by atoms with E-state index in [9.17, 15) is 4.79 Å². The minimum Gasteiger partial charge on any atom is -0.352 e. The van der Waals surface area contributed by atoms with Gasteiger partial charge in [-0.05, 0) is 44.2 Å². The van der Waals surface area contributed by atoms with Gasteiger partial charge in [0.05, 0.1) is 6.54 Å². The SMILES string of the molecule is O=C(CN1CCCC1Cc1ccccc1)NC1CC1. The highest BCUT2D eigenvalue weighted by Crippen LogP contribution is 2.22. The summed E-state index contributed by atoms with van der Waals surface area (Å²) in [5, 5.41) is 3.08. The van der Waals surface area contributed by atoms with Crippen LogP contribution in [0.25, 0.3) is 0 Å². The van der Waals surface area contributed by atoms with Crippen molar-refractivity contribution in [1.82, 2.24) is 10.2 Å². The zero-order chi connectivity index (χ0) is 13.1. The van der Waals surface area contributed by atoms with E-state index in [2.05, 4.69) is 40.5 Å². The molecule has 1 aromatic rings. The van der Waals surface area contributed by atoms with Gasteiger partial charge in [-0.1, -0.05) is 30.3 Å². The Balaban J connectivity index is 1.53. The number of amides is 1. The first-order valence-corrected chi connectivity index (χ1v) is 7.38. The maximum absolute atomic E-state index is 11.9. The second kappa shape index (κ2) is 5.74. The van der Waals surface area contributed by atoms with Crippen molar-refractivity contribution in [2.24, 2.45) is 0 Å². The molecule has 0 bridgehead atoms. The van der Waals surface area contributed by atoms with Crippen LogP contribution in [0, 0.1) is 0 Å². The van der Waals surface area contributed by atoms with E-state index in [1.54, 1.807) is 0 Å². The fourth-order valence-corrected chi connectivity index (χ4v) is 2.91. The first kappa shape index (κ1) is 12.7. The molecule has 2 fully saturated rings. The van der Waals surface area contributed by atoms with Gasteiger partial charge in [0.2, 0.25) is 5.91 Å². The van der Waals surface area contributed by atoms with E-state index in [1.165, 1.54) is 31.2 Å². The number of carbonyl (C=O) groups excluding carboxylic acids is 1. The lowest BCUT2D eigenvalue weighted by Gasteiger charge is -2.24. The Morgan fingerprint density at radius 1 is 1.21 bits per heavy atom. The molecule has 0 spiro atoms. The third-order valence-electron chi connectivity index (χ3n) is 4.10. The van der Waals surface area contributed by atoms with Crippen molar-refractivity contribution in [1.29, 1.82) is 0 Å². The molecular weight excluding hydrogens is 236 g/mol. The van der Waals surface area contributed by atoms with Gasteiger partial charge in [-0.15, -0.1) is 0 Å². The highest BCUT2D eigenvalue weighted by Gasteiger charge is 2.28. The summed E-state index contributed by atoms with van der Waals surface area (Å²) in [6.07, 6.45) is 5.83. The van der Waals surface area contributed by atoms with E-state index < -0.39 is 0 Å². The molecule has 1 unspecified atom stereocenters. The number of nitrogens with zero attached hydrogens (tertiary/aromatic N) is 1. The van der Waals surface area contributed by atoms with Crippen LogP contribution in [0.15, 0.2) is 30.3 Å². The second-order valence-electron chi connectivity index (χ2n) is 5.80. The van der Waals surface area contributed by atoms with E-state index in [0.717, 1.165) is 13.0 Å². The van der Waals surface area contributed by atoms with Crippen molar-refractivity contribution < 1.29 is 4.79 Å². The summed E-state index contributed by atoms with van der Waals surface area (Å²) in [7, 11) is 0. The first-order valence-electron chi connectivity index (χ1n) is 7.38. The Labute approximate surface area is 115 Å². The van der Waals surface area contributed by atoms with Gasteiger partial charge in [0, 0.05) is 12.1 Å². The summed E-state index contributed by atoms with van der Waals surface area (Å²) in [5.74, 6) is 0.211. The smallest absolute Gasteiger partial charge is 0.234 e. The van der Waals surface area contributed by atoms with Gasteiger partial charge < -0.3 is 5.32 Å². The van der Waals surface area contributed by atoms with E-state index in [1.807, 2.05) is 0 Å². The van der Waals surface area contributed by atoms with Crippen LogP contribution in [0.2, 0.25) is 0 Å². The summed E-state index contributed by atoms with van der Waals surface area (Å²) in [5.41, 5.74) is 1.38. The van der Waals surface area contributed by atoms with Gasteiger partial charge in [0.15, 0.2) is 0 Å². The van der Waals surface area contributed by atoms with Crippen molar-refractivity contribution in [3.8, 4) is 0 Å². The van der Waals surface area contributed by atoms with Crippen LogP contribution in [0.3, 0.4) is 0 Å². The van der Waals surface area contributed by atoms with E-state index in [0.29, 0.717) is 18.6 Å². The normalized spacial score (nSPS) is 23.5. The fourth-order valence-electron chi connectivity index (χ4n) is 2.91. The summed E-state index contributed by atoms with van der Waals surface area (Å²) >= 11 is 0. The summed E-state index contributed by atoms with van der Waals surface area (Å²) in [6, 6.07) is 11.6.